The Balaban J connectivity index is 1.45. The summed E-state index contributed by atoms with van der Waals surface area (Å²) >= 11 is 0. The molecule has 3 aromatic rings. The second-order valence-corrected chi connectivity index (χ2v) is 9.43. The van der Waals surface area contributed by atoms with E-state index in [1.807, 2.05) is 0 Å². The number of aliphatic hydroxyl groups is 1. The van der Waals surface area contributed by atoms with Crippen LogP contribution in [0, 0.1) is 0 Å². The highest BCUT2D eigenvalue weighted by Gasteiger charge is 2.24. The van der Waals surface area contributed by atoms with E-state index in [0.29, 0.717) is 28.1 Å². The molecule has 0 amide bonds. The lowest BCUT2D eigenvalue weighted by molar-refractivity contribution is -0.138. The Morgan fingerprint density at radius 2 is 1.68 bits per heavy atom. The highest BCUT2D eigenvalue weighted by atomic mass is 16.5. The fourth-order valence-electron chi connectivity index (χ4n) is 4.22. The quantitative estimate of drug-likeness (QED) is 0.343. The number of benzene rings is 2. The van der Waals surface area contributed by atoms with E-state index in [1.165, 1.54) is 6.08 Å². The van der Waals surface area contributed by atoms with Crippen LogP contribution in [0.4, 0.5) is 5.69 Å². The molecule has 11 heteroatoms. The molecular formula is C30H31NO10. The van der Waals surface area contributed by atoms with Crippen molar-refractivity contribution in [1.29, 1.82) is 0 Å². The molecule has 0 fully saturated rings. The van der Waals surface area contributed by atoms with Gasteiger partial charge in [0.1, 0.15) is 41.8 Å². The molecule has 0 bridgehead atoms. The van der Waals surface area contributed by atoms with Crippen molar-refractivity contribution in [3.05, 3.63) is 75.2 Å². The van der Waals surface area contributed by atoms with Crippen molar-refractivity contribution in [3.63, 3.8) is 0 Å². The van der Waals surface area contributed by atoms with Crippen molar-refractivity contribution in [2.24, 2.45) is 0 Å². The Bertz CT molecular complexity index is 1570. The van der Waals surface area contributed by atoms with E-state index in [-0.39, 0.29) is 61.1 Å². The smallest absolute Gasteiger partial charge is 0.374 e. The van der Waals surface area contributed by atoms with E-state index >= 15 is 0 Å². The van der Waals surface area contributed by atoms with Gasteiger partial charge >= 0.3 is 11.9 Å². The zero-order valence-corrected chi connectivity index (χ0v) is 23.2. The number of fused-ring (bicyclic) bond motifs is 2. The molecule has 1 heterocycles. The van der Waals surface area contributed by atoms with Crippen molar-refractivity contribution in [2.45, 2.75) is 26.4 Å². The van der Waals surface area contributed by atoms with Crippen LogP contribution in [0.5, 0.6) is 11.5 Å². The van der Waals surface area contributed by atoms with Crippen LogP contribution >= 0.6 is 0 Å². The summed E-state index contributed by atoms with van der Waals surface area (Å²) in [6.45, 7) is 3.31. The first-order chi connectivity index (χ1) is 19.6. The minimum absolute atomic E-state index is 0.111. The summed E-state index contributed by atoms with van der Waals surface area (Å²) in [7, 11) is 3.58. The molecular weight excluding hydrogens is 534 g/mol. The zero-order chi connectivity index (χ0) is 29.7. The molecule has 216 valence electrons. The van der Waals surface area contributed by atoms with Gasteiger partial charge in [-0.2, -0.15) is 0 Å². The number of aliphatic hydroxyl groups excluding tert-OH is 1. The predicted molar refractivity (Wildman–Crippen MR) is 149 cm³/mol. The standard InChI is InChI=1S/C30H31NO10/c1-5-37-29(35)18-9-17-7-8-21(13-22(17)23(33)10-18)39-15-20(32)16-40-25-11-19(31(3)4)12-26-28(25)24(34)14-27(41-26)30(36)38-6-2/h7-8,10-14,20,32H,5-6,9,15-16H2,1-4H3. The molecule has 41 heavy (non-hydrogen) atoms. The maximum Gasteiger partial charge on any atom is 0.374 e. The summed E-state index contributed by atoms with van der Waals surface area (Å²) in [6, 6.07) is 9.18. The summed E-state index contributed by atoms with van der Waals surface area (Å²) < 4.78 is 27.1. The van der Waals surface area contributed by atoms with Crippen LogP contribution in [0.15, 0.2) is 57.3 Å². The van der Waals surface area contributed by atoms with Crippen LogP contribution in [-0.4, -0.2) is 69.5 Å². The lowest BCUT2D eigenvalue weighted by Crippen LogP contribution is -2.25. The number of anilines is 1. The number of ether oxygens (including phenoxy) is 4. The van der Waals surface area contributed by atoms with Gasteiger partial charge in [-0.05, 0) is 37.6 Å². The van der Waals surface area contributed by atoms with E-state index in [0.717, 1.165) is 6.07 Å². The van der Waals surface area contributed by atoms with Gasteiger partial charge in [-0.1, -0.05) is 6.07 Å². The van der Waals surface area contributed by atoms with Crippen LogP contribution in [0.25, 0.3) is 11.0 Å². The zero-order valence-electron chi connectivity index (χ0n) is 23.2. The molecule has 0 spiro atoms. The predicted octanol–water partition coefficient (Wildman–Crippen LogP) is 3.08. The summed E-state index contributed by atoms with van der Waals surface area (Å²) in [4.78, 5) is 51.4. The highest BCUT2D eigenvalue weighted by Crippen LogP contribution is 2.30. The van der Waals surface area contributed by atoms with Crippen LogP contribution in [0.2, 0.25) is 0 Å². The second kappa shape index (κ2) is 12.7. The van der Waals surface area contributed by atoms with E-state index in [1.54, 1.807) is 63.2 Å². The van der Waals surface area contributed by atoms with E-state index < -0.39 is 23.5 Å². The van der Waals surface area contributed by atoms with Gasteiger partial charge in [-0.15, -0.1) is 0 Å². The molecule has 0 saturated heterocycles. The maximum atomic E-state index is 12.9. The summed E-state index contributed by atoms with van der Waals surface area (Å²) in [5, 5.41) is 10.7. The van der Waals surface area contributed by atoms with Gasteiger partial charge in [0.05, 0.1) is 13.2 Å². The van der Waals surface area contributed by atoms with Crippen LogP contribution in [-0.2, 0) is 20.7 Å². The molecule has 0 saturated carbocycles. The number of carbonyl (C=O) groups is 3. The van der Waals surface area contributed by atoms with Crippen molar-refractivity contribution in [1.82, 2.24) is 0 Å². The number of hydrogen-bond acceptors (Lipinski definition) is 11. The molecule has 0 radical (unpaired) electrons. The van der Waals surface area contributed by atoms with Gasteiger partial charge in [0.25, 0.3) is 0 Å². The molecule has 1 aromatic heterocycles. The Labute approximate surface area is 235 Å². The van der Waals surface area contributed by atoms with Gasteiger partial charge in [0.15, 0.2) is 11.2 Å². The number of rotatable bonds is 11. The monoisotopic (exact) mass is 565 g/mol. The van der Waals surface area contributed by atoms with Gasteiger partial charge < -0.3 is 33.4 Å². The second-order valence-electron chi connectivity index (χ2n) is 9.43. The van der Waals surface area contributed by atoms with Crippen LogP contribution < -0.4 is 19.8 Å². The third-order valence-corrected chi connectivity index (χ3v) is 6.22. The SMILES string of the molecule is CCOC(=O)C1=CC(=O)c2cc(OCC(O)COc3cc(N(C)C)cc4oc(C(=O)OCC)cc(=O)c34)ccc2C1. The Hall–Kier alpha value is -4.64. The summed E-state index contributed by atoms with van der Waals surface area (Å²) in [6.07, 6.45) is 0.442. The van der Waals surface area contributed by atoms with Gasteiger partial charge in [0, 0.05) is 55.5 Å². The fourth-order valence-corrected chi connectivity index (χ4v) is 4.22. The molecule has 2 aromatic carbocycles. The number of carbonyl (C=O) groups excluding carboxylic acids is 3. The van der Waals surface area contributed by atoms with E-state index in [2.05, 4.69) is 0 Å². The molecule has 1 atom stereocenters. The Kier molecular flexibility index (Phi) is 9.08. The summed E-state index contributed by atoms with van der Waals surface area (Å²) in [5.41, 5.74) is 1.64. The molecule has 1 N–H and O–H groups in total. The number of nitrogens with zero attached hydrogens (tertiary/aromatic N) is 1. The van der Waals surface area contributed by atoms with Gasteiger partial charge in [-0.3, -0.25) is 9.59 Å². The highest BCUT2D eigenvalue weighted by molar-refractivity contribution is 6.11. The summed E-state index contributed by atoms with van der Waals surface area (Å²) in [5.74, 6) is -1.31. The first-order valence-corrected chi connectivity index (χ1v) is 13.1. The first kappa shape index (κ1) is 29.3. The number of hydrogen-bond donors (Lipinski definition) is 1. The normalized spacial score (nSPS) is 13.2. The molecule has 1 aliphatic carbocycles. The minimum atomic E-state index is -1.10. The van der Waals surface area contributed by atoms with Crippen molar-refractivity contribution in [2.75, 3.05) is 45.4 Å². The van der Waals surface area contributed by atoms with Gasteiger partial charge in [-0.25, -0.2) is 9.59 Å². The lowest BCUT2D eigenvalue weighted by Gasteiger charge is -2.19. The fraction of sp³-hybridized carbons (Fsp3) is 0.333. The topological polar surface area (TPSA) is 142 Å². The average molecular weight is 566 g/mol. The Morgan fingerprint density at radius 3 is 2.39 bits per heavy atom. The van der Waals surface area contributed by atoms with E-state index in [4.69, 9.17) is 23.4 Å². The molecule has 11 nitrogen and oxygen atoms in total. The Morgan fingerprint density at radius 1 is 0.976 bits per heavy atom. The molecule has 4 rings (SSSR count). The minimum Gasteiger partial charge on any atom is -0.491 e. The van der Waals surface area contributed by atoms with Crippen LogP contribution in [0.3, 0.4) is 0 Å². The number of esters is 2. The van der Waals surface area contributed by atoms with Crippen molar-refractivity contribution in [3.8, 4) is 11.5 Å². The van der Waals surface area contributed by atoms with Gasteiger partial charge in [0.2, 0.25) is 5.76 Å². The third-order valence-electron chi connectivity index (χ3n) is 6.22. The van der Waals surface area contributed by atoms with E-state index in [9.17, 15) is 24.3 Å². The number of ketones is 1. The molecule has 1 unspecified atom stereocenters. The number of allylic oxidation sites excluding steroid dienone is 1. The average Bonchev–Trinajstić information content (AvgIpc) is 2.94. The molecule has 0 aliphatic heterocycles. The van der Waals surface area contributed by atoms with Crippen LogP contribution in [0.1, 0.15) is 40.3 Å². The lowest BCUT2D eigenvalue weighted by atomic mass is 9.90. The van der Waals surface area contributed by atoms with Crippen molar-refractivity contribution >= 4 is 34.4 Å². The first-order valence-electron chi connectivity index (χ1n) is 13.1. The molecule has 1 aliphatic rings. The maximum absolute atomic E-state index is 12.9. The largest absolute Gasteiger partial charge is 0.491 e. The third kappa shape index (κ3) is 6.75. The van der Waals surface area contributed by atoms with Crippen molar-refractivity contribution < 1.29 is 42.9 Å².